The van der Waals surface area contributed by atoms with E-state index in [2.05, 4.69) is 4.98 Å². The standard InChI is InChI=1S/C17H19NO5/c1-10-16(12-4-5-15(21-3)18-8-12)23-17-13(20-2)6-11(9-19)7-14(17)22-10/h4-8,10,16,19H,9H2,1-3H3/t10-,16+/m0/s1/i9D2. The molecule has 2 atom stereocenters. The lowest BCUT2D eigenvalue weighted by atomic mass is 10.0. The normalized spacial score (nSPS) is 21.2. The van der Waals surface area contributed by atoms with Gasteiger partial charge in [0.05, 0.1) is 23.5 Å². The van der Waals surface area contributed by atoms with Gasteiger partial charge in [0.2, 0.25) is 11.6 Å². The number of benzene rings is 1. The van der Waals surface area contributed by atoms with E-state index in [9.17, 15) is 5.11 Å². The molecule has 6 heteroatoms. The van der Waals surface area contributed by atoms with Gasteiger partial charge >= 0.3 is 0 Å². The number of hydrogen-bond acceptors (Lipinski definition) is 6. The van der Waals surface area contributed by atoms with Gasteiger partial charge in [-0.1, -0.05) is 0 Å². The van der Waals surface area contributed by atoms with Crippen LogP contribution in [-0.2, 0) is 6.56 Å². The first-order valence-electron chi connectivity index (χ1n) is 8.11. The molecule has 0 spiro atoms. The van der Waals surface area contributed by atoms with Gasteiger partial charge in [0, 0.05) is 17.8 Å². The van der Waals surface area contributed by atoms with E-state index in [-0.39, 0.29) is 17.4 Å². The van der Waals surface area contributed by atoms with Crippen molar-refractivity contribution in [3.63, 3.8) is 0 Å². The molecule has 6 nitrogen and oxygen atoms in total. The highest BCUT2D eigenvalue weighted by Crippen LogP contribution is 2.46. The number of pyridine rings is 1. The molecule has 2 aromatic rings. The quantitative estimate of drug-likeness (QED) is 0.933. The molecule has 3 rings (SSSR count). The van der Waals surface area contributed by atoms with Crippen LogP contribution in [0.5, 0.6) is 23.1 Å². The maximum absolute atomic E-state index is 9.62. The van der Waals surface area contributed by atoms with Crippen LogP contribution in [0.2, 0.25) is 0 Å². The van der Waals surface area contributed by atoms with E-state index in [4.69, 9.17) is 21.7 Å². The molecule has 122 valence electrons. The van der Waals surface area contributed by atoms with Crippen molar-refractivity contribution in [2.24, 2.45) is 0 Å². The zero-order valence-corrected chi connectivity index (χ0v) is 13.1. The second-order valence-electron chi connectivity index (χ2n) is 5.11. The molecule has 1 aliphatic heterocycles. The fourth-order valence-electron chi connectivity index (χ4n) is 2.50. The van der Waals surface area contributed by atoms with E-state index in [1.54, 1.807) is 19.4 Å². The summed E-state index contributed by atoms with van der Waals surface area (Å²) >= 11 is 0. The topological polar surface area (TPSA) is 70.0 Å². The molecule has 1 aromatic heterocycles. The van der Waals surface area contributed by atoms with Crippen LogP contribution in [0, 0.1) is 0 Å². The molecule has 0 amide bonds. The summed E-state index contributed by atoms with van der Waals surface area (Å²) in [5, 5.41) is 9.62. The van der Waals surface area contributed by atoms with E-state index < -0.39 is 12.7 Å². The van der Waals surface area contributed by atoms with E-state index in [0.29, 0.717) is 17.4 Å². The SMILES string of the molecule is [2H]C([2H])(O)c1cc(OC)c2c(c1)O[C@@H](C)[C@H](c1ccc(OC)nc1)O2. The summed E-state index contributed by atoms with van der Waals surface area (Å²) in [6.45, 7) is -0.670. The number of nitrogens with zero attached hydrogens (tertiary/aromatic N) is 1. The van der Waals surface area contributed by atoms with E-state index >= 15 is 0 Å². The highest BCUT2D eigenvalue weighted by Gasteiger charge is 2.32. The maximum Gasteiger partial charge on any atom is 0.212 e. The van der Waals surface area contributed by atoms with Crippen molar-refractivity contribution in [3.8, 4) is 23.1 Å². The van der Waals surface area contributed by atoms with Crippen LogP contribution in [0.15, 0.2) is 30.5 Å². The molecule has 0 bridgehead atoms. The lowest BCUT2D eigenvalue weighted by Gasteiger charge is -2.33. The second kappa shape index (κ2) is 6.34. The lowest BCUT2D eigenvalue weighted by Crippen LogP contribution is -2.31. The first-order chi connectivity index (χ1) is 11.8. The molecule has 1 aliphatic rings. The van der Waals surface area contributed by atoms with Crippen LogP contribution in [-0.4, -0.2) is 30.4 Å². The Morgan fingerprint density at radius 2 is 2.09 bits per heavy atom. The van der Waals surface area contributed by atoms with Crippen molar-refractivity contribution in [1.29, 1.82) is 0 Å². The van der Waals surface area contributed by atoms with Crippen LogP contribution in [0.4, 0.5) is 0 Å². The summed E-state index contributed by atoms with van der Waals surface area (Å²) < 4.78 is 37.2. The molecular formula is C17H19NO5. The highest BCUT2D eigenvalue weighted by molar-refractivity contribution is 5.55. The Bertz CT molecular complexity index is 761. The summed E-state index contributed by atoms with van der Waals surface area (Å²) in [6, 6.07) is 6.38. The average Bonchev–Trinajstić information content (AvgIpc) is 2.59. The van der Waals surface area contributed by atoms with Gasteiger partial charge in [0.15, 0.2) is 17.6 Å². The molecule has 0 saturated carbocycles. The maximum atomic E-state index is 9.62. The number of rotatable bonds is 4. The monoisotopic (exact) mass is 319 g/mol. The Hall–Kier alpha value is -2.47. The van der Waals surface area contributed by atoms with Crippen molar-refractivity contribution < 1.29 is 26.8 Å². The summed E-state index contributed by atoms with van der Waals surface area (Å²) in [5.41, 5.74) is 0.839. The number of fused-ring (bicyclic) bond motifs is 1. The van der Waals surface area contributed by atoms with Crippen molar-refractivity contribution in [3.05, 3.63) is 41.6 Å². The van der Waals surface area contributed by atoms with E-state index in [1.807, 2.05) is 13.0 Å². The first-order valence-corrected chi connectivity index (χ1v) is 7.11. The van der Waals surface area contributed by atoms with Gasteiger partial charge < -0.3 is 24.1 Å². The molecular weight excluding hydrogens is 298 g/mol. The van der Waals surface area contributed by atoms with Crippen LogP contribution in [0.1, 0.15) is 26.9 Å². The fourth-order valence-corrected chi connectivity index (χ4v) is 2.50. The van der Waals surface area contributed by atoms with Gasteiger partial charge in [0.25, 0.3) is 0 Å². The van der Waals surface area contributed by atoms with Crippen molar-refractivity contribution >= 4 is 0 Å². The minimum atomic E-state index is -2.51. The fraction of sp³-hybridized carbons (Fsp3) is 0.353. The van der Waals surface area contributed by atoms with Gasteiger partial charge in [-0.05, 0) is 30.7 Å². The highest BCUT2D eigenvalue weighted by atomic mass is 16.6. The third-order valence-corrected chi connectivity index (χ3v) is 3.65. The van der Waals surface area contributed by atoms with E-state index in [0.717, 1.165) is 5.56 Å². The van der Waals surface area contributed by atoms with Gasteiger partial charge in [-0.15, -0.1) is 0 Å². The number of aromatic nitrogens is 1. The second-order valence-corrected chi connectivity index (χ2v) is 5.11. The third kappa shape index (κ3) is 2.90. The predicted molar refractivity (Wildman–Crippen MR) is 83.2 cm³/mol. The number of methoxy groups -OCH3 is 2. The summed E-state index contributed by atoms with van der Waals surface area (Å²) in [4.78, 5) is 4.18. The van der Waals surface area contributed by atoms with Crippen molar-refractivity contribution in [2.45, 2.75) is 25.7 Å². The van der Waals surface area contributed by atoms with Gasteiger partial charge in [-0.3, -0.25) is 0 Å². The van der Waals surface area contributed by atoms with Crippen LogP contribution >= 0.6 is 0 Å². The predicted octanol–water partition coefficient (Wildman–Crippen LogP) is 2.49. The molecule has 0 saturated heterocycles. The van der Waals surface area contributed by atoms with Crippen LogP contribution in [0.25, 0.3) is 0 Å². The molecule has 0 aliphatic carbocycles. The van der Waals surface area contributed by atoms with Gasteiger partial charge in [-0.25, -0.2) is 4.98 Å². The molecule has 1 N–H and O–H groups in total. The summed E-state index contributed by atoms with van der Waals surface area (Å²) in [5.74, 6) is 1.46. The molecule has 2 heterocycles. The first kappa shape index (κ1) is 13.0. The summed E-state index contributed by atoms with van der Waals surface area (Å²) in [6.07, 6.45) is 0.880. The Morgan fingerprint density at radius 3 is 2.70 bits per heavy atom. The lowest BCUT2D eigenvalue weighted by molar-refractivity contribution is 0.0276. The summed E-state index contributed by atoms with van der Waals surface area (Å²) in [7, 11) is 2.99. The zero-order chi connectivity index (χ0) is 18.2. The van der Waals surface area contributed by atoms with Crippen molar-refractivity contribution in [1.82, 2.24) is 4.98 Å². The number of ether oxygens (including phenoxy) is 4. The van der Waals surface area contributed by atoms with Crippen LogP contribution in [0.3, 0.4) is 0 Å². The Labute approximate surface area is 137 Å². The van der Waals surface area contributed by atoms with Crippen LogP contribution < -0.4 is 18.9 Å². The molecule has 1 aromatic carbocycles. The third-order valence-electron chi connectivity index (χ3n) is 3.65. The number of aliphatic hydroxyl groups is 1. The molecule has 0 radical (unpaired) electrons. The average molecular weight is 319 g/mol. The Balaban J connectivity index is 1.98. The van der Waals surface area contributed by atoms with Gasteiger partial charge in [0.1, 0.15) is 6.10 Å². The molecule has 23 heavy (non-hydrogen) atoms. The minimum Gasteiger partial charge on any atom is -0.493 e. The van der Waals surface area contributed by atoms with E-state index in [1.165, 1.54) is 19.2 Å². The largest absolute Gasteiger partial charge is 0.493 e. The number of hydrogen-bond donors (Lipinski definition) is 1. The molecule has 0 fully saturated rings. The smallest absolute Gasteiger partial charge is 0.212 e. The zero-order valence-electron chi connectivity index (χ0n) is 15.1. The Morgan fingerprint density at radius 1 is 1.26 bits per heavy atom. The van der Waals surface area contributed by atoms with Gasteiger partial charge in [-0.2, -0.15) is 0 Å². The minimum absolute atomic E-state index is 0.0310. The van der Waals surface area contributed by atoms with Crippen molar-refractivity contribution in [2.75, 3.05) is 14.2 Å². The Kier molecular flexibility index (Phi) is 3.59. The molecule has 0 unspecified atom stereocenters.